The smallest absolute Gasteiger partial charge is 0.260 e. The van der Waals surface area contributed by atoms with Gasteiger partial charge < -0.3 is 24.4 Å². The summed E-state index contributed by atoms with van der Waals surface area (Å²) in [5.41, 5.74) is 4.73. The Kier molecular flexibility index (Phi) is 9.27. The summed E-state index contributed by atoms with van der Waals surface area (Å²) in [6.07, 6.45) is 1.64. The Bertz CT molecular complexity index is 917. The van der Waals surface area contributed by atoms with E-state index in [1.54, 1.807) is 17.2 Å². The number of thiocarbonyl (C=S) groups is 1. The van der Waals surface area contributed by atoms with E-state index in [2.05, 4.69) is 15.8 Å². The third-order valence-corrected chi connectivity index (χ3v) is 4.89. The minimum atomic E-state index is -0.0675. The molecule has 2 aromatic carbocycles. The highest BCUT2D eigenvalue weighted by Gasteiger charge is 2.18. The molecule has 1 aliphatic heterocycles. The lowest BCUT2D eigenvalue weighted by molar-refractivity contribution is -0.137. The largest absolute Gasteiger partial charge is 0.490 e. The Morgan fingerprint density at radius 1 is 1.16 bits per heavy atom. The van der Waals surface area contributed by atoms with Crippen LogP contribution in [-0.2, 0) is 16.1 Å². The van der Waals surface area contributed by atoms with Crippen LogP contribution < -0.4 is 20.2 Å². The number of amides is 1. The molecule has 3 rings (SSSR count). The topological polar surface area (TPSA) is 84.4 Å². The molecule has 0 bridgehead atoms. The van der Waals surface area contributed by atoms with Crippen molar-refractivity contribution in [2.24, 2.45) is 5.10 Å². The summed E-state index contributed by atoms with van der Waals surface area (Å²) >= 11 is 5.25. The molecule has 9 heteroatoms. The quantitative estimate of drug-likeness (QED) is 0.340. The molecule has 1 saturated heterocycles. The highest BCUT2D eigenvalue weighted by molar-refractivity contribution is 7.80. The summed E-state index contributed by atoms with van der Waals surface area (Å²) in [6.45, 7) is 5.23. The third kappa shape index (κ3) is 7.51. The molecule has 2 aromatic rings. The van der Waals surface area contributed by atoms with Crippen molar-refractivity contribution < 1.29 is 19.0 Å². The van der Waals surface area contributed by atoms with Gasteiger partial charge in [-0.15, -0.1) is 0 Å². The van der Waals surface area contributed by atoms with Crippen molar-refractivity contribution >= 4 is 29.5 Å². The second kappa shape index (κ2) is 12.6. The first-order valence-corrected chi connectivity index (χ1v) is 10.9. The Morgan fingerprint density at radius 3 is 2.69 bits per heavy atom. The highest BCUT2D eigenvalue weighted by atomic mass is 32.1. The fraction of sp³-hybridized carbons (Fsp3) is 0.348. The van der Waals surface area contributed by atoms with Gasteiger partial charge in [-0.1, -0.05) is 30.3 Å². The van der Waals surface area contributed by atoms with Crippen LogP contribution in [0.3, 0.4) is 0 Å². The number of hydrogen-bond acceptors (Lipinski definition) is 6. The molecule has 0 unspecified atom stereocenters. The number of hydrogen-bond donors (Lipinski definition) is 2. The monoisotopic (exact) mass is 456 g/mol. The number of hydrazone groups is 1. The van der Waals surface area contributed by atoms with Gasteiger partial charge in [0.2, 0.25) is 0 Å². The number of ether oxygens (including phenoxy) is 3. The predicted octanol–water partition coefficient (Wildman–Crippen LogP) is 2.32. The maximum atomic E-state index is 12.3. The summed E-state index contributed by atoms with van der Waals surface area (Å²) in [4.78, 5) is 14.1. The third-order valence-electron chi connectivity index (χ3n) is 4.66. The molecular formula is C23H28N4O4S. The number of rotatable bonds is 9. The number of nitrogens with zero attached hydrogens (tertiary/aromatic N) is 2. The molecule has 0 spiro atoms. The molecule has 2 N–H and O–H groups in total. The molecule has 0 aliphatic carbocycles. The van der Waals surface area contributed by atoms with Crippen molar-refractivity contribution in [2.75, 3.05) is 39.5 Å². The van der Waals surface area contributed by atoms with Crippen LogP contribution in [0, 0.1) is 0 Å². The maximum Gasteiger partial charge on any atom is 0.260 e. The minimum absolute atomic E-state index is 0.0452. The average molecular weight is 457 g/mol. The number of carbonyl (C=O) groups excluding carboxylic acids is 1. The molecule has 0 saturated carbocycles. The number of benzene rings is 2. The second-order valence-electron chi connectivity index (χ2n) is 6.96. The van der Waals surface area contributed by atoms with Crippen LogP contribution in [0.5, 0.6) is 11.5 Å². The highest BCUT2D eigenvalue weighted by Crippen LogP contribution is 2.28. The van der Waals surface area contributed by atoms with Crippen LogP contribution in [0.1, 0.15) is 18.1 Å². The van der Waals surface area contributed by atoms with Crippen LogP contribution in [0.15, 0.2) is 53.6 Å². The van der Waals surface area contributed by atoms with Crippen molar-refractivity contribution in [1.29, 1.82) is 0 Å². The first kappa shape index (κ1) is 23.5. The van der Waals surface area contributed by atoms with Gasteiger partial charge in [0.25, 0.3) is 5.91 Å². The van der Waals surface area contributed by atoms with Crippen molar-refractivity contribution in [1.82, 2.24) is 15.6 Å². The molecular weight excluding hydrogens is 428 g/mol. The van der Waals surface area contributed by atoms with Crippen molar-refractivity contribution in [3.8, 4) is 11.5 Å². The van der Waals surface area contributed by atoms with Gasteiger partial charge >= 0.3 is 0 Å². The molecule has 1 heterocycles. The predicted molar refractivity (Wildman–Crippen MR) is 127 cm³/mol. The Hall–Kier alpha value is -3.17. The Morgan fingerprint density at radius 2 is 1.94 bits per heavy atom. The second-order valence-corrected chi connectivity index (χ2v) is 7.37. The zero-order valence-corrected chi connectivity index (χ0v) is 18.9. The lowest BCUT2D eigenvalue weighted by atomic mass is 10.2. The zero-order valence-electron chi connectivity index (χ0n) is 18.1. The van der Waals surface area contributed by atoms with Crippen LogP contribution in [0.4, 0.5) is 0 Å². The Labute approximate surface area is 193 Å². The summed E-state index contributed by atoms with van der Waals surface area (Å²) in [5.74, 6) is 0.997. The van der Waals surface area contributed by atoms with E-state index in [9.17, 15) is 4.79 Å². The summed E-state index contributed by atoms with van der Waals surface area (Å²) in [6, 6.07) is 15.4. The van der Waals surface area contributed by atoms with Crippen LogP contribution in [0.2, 0.25) is 0 Å². The lowest BCUT2D eigenvalue weighted by Crippen LogP contribution is -2.43. The van der Waals surface area contributed by atoms with Gasteiger partial charge in [-0.2, -0.15) is 5.10 Å². The van der Waals surface area contributed by atoms with Crippen molar-refractivity contribution in [3.05, 3.63) is 59.7 Å². The molecule has 0 radical (unpaired) electrons. The molecule has 1 amide bonds. The fourth-order valence-corrected chi connectivity index (χ4v) is 3.14. The summed E-state index contributed by atoms with van der Waals surface area (Å²) in [7, 11) is 0. The first-order chi connectivity index (χ1) is 15.7. The fourth-order valence-electron chi connectivity index (χ4n) is 3.02. The van der Waals surface area contributed by atoms with E-state index < -0.39 is 0 Å². The van der Waals surface area contributed by atoms with E-state index in [0.29, 0.717) is 56.1 Å². The van der Waals surface area contributed by atoms with E-state index in [4.69, 9.17) is 26.4 Å². The number of nitrogens with one attached hydrogen (secondary N) is 2. The van der Waals surface area contributed by atoms with E-state index in [1.165, 1.54) is 0 Å². The van der Waals surface area contributed by atoms with E-state index in [1.807, 2.05) is 49.4 Å². The molecule has 170 valence electrons. The van der Waals surface area contributed by atoms with Crippen molar-refractivity contribution in [2.45, 2.75) is 13.5 Å². The van der Waals surface area contributed by atoms with Gasteiger partial charge in [-0.3, -0.25) is 10.2 Å². The first-order valence-electron chi connectivity index (χ1n) is 10.5. The summed E-state index contributed by atoms with van der Waals surface area (Å²) in [5, 5.41) is 7.70. The molecule has 1 aliphatic rings. The SMILES string of the molecule is CCOc1cc(/C=N/NC(=S)NCc2ccccc2)ccc1OCC(=O)N1CCOCC1. The lowest BCUT2D eigenvalue weighted by Gasteiger charge is -2.26. The normalized spacial score (nSPS) is 13.6. The van der Waals surface area contributed by atoms with Crippen LogP contribution in [-0.4, -0.2) is 61.7 Å². The van der Waals surface area contributed by atoms with E-state index in [0.717, 1.165) is 11.1 Å². The molecule has 8 nitrogen and oxygen atoms in total. The van der Waals surface area contributed by atoms with Gasteiger partial charge in [-0.25, -0.2) is 0 Å². The van der Waals surface area contributed by atoms with Crippen molar-refractivity contribution in [3.63, 3.8) is 0 Å². The molecule has 1 fully saturated rings. The Balaban J connectivity index is 1.51. The molecule has 0 atom stereocenters. The van der Waals surface area contributed by atoms with E-state index >= 15 is 0 Å². The van der Waals surface area contributed by atoms with Crippen LogP contribution >= 0.6 is 12.2 Å². The number of carbonyl (C=O) groups is 1. The van der Waals surface area contributed by atoms with Gasteiger partial charge in [0, 0.05) is 19.6 Å². The summed E-state index contributed by atoms with van der Waals surface area (Å²) < 4.78 is 16.7. The molecule has 32 heavy (non-hydrogen) atoms. The van der Waals surface area contributed by atoms with Crippen LogP contribution in [0.25, 0.3) is 0 Å². The number of morpholine rings is 1. The van der Waals surface area contributed by atoms with Gasteiger partial charge in [0.15, 0.2) is 23.2 Å². The zero-order chi connectivity index (χ0) is 22.6. The standard InChI is InChI=1S/C23H28N4O4S/c1-2-30-21-14-19(16-25-26-23(32)24-15-18-6-4-3-5-7-18)8-9-20(21)31-17-22(28)27-10-12-29-13-11-27/h3-9,14,16H,2,10-13,15,17H2,1H3,(H2,24,26,32)/b25-16+. The van der Waals surface area contributed by atoms with Gasteiger partial charge in [0.1, 0.15) is 0 Å². The average Bonchev–Trinajstić information content (AvgIpc) is 2.83. The van der Waals surface area contributed by atoms with Gasteiger partial charge in [0.05, 0.1) is 26.0 Å². The van der Waals surface area contributed by atoms with Gasteiger partial charge in [-0.05, 0) is 48.5 Å². The maximum absolute atomic E-state index is 12.3. The minimum Gasteiger partial charge on any atom is -0.490 e. The molecule has 0 aromatic heterocycles. The van der Waals surface area contributed by atoms with E-state index in [-0.39, 0.29) is 12.5 Å².